The molecule has 0 spiro atoms. The summed E-state index contributed by atoms with van der Waals surface area (Å²) in [4.78, 5) is 26.4. The van der Waals surface area contributed by atoms with Crippen LogP contribution in [0.3, 0.4) is 0 Å². The molecule has 4 nitrogen and oxygen atoms in total. The topological polar surface area (TPSA) is 49.4 Å². The van der Waals surface area contributed by atoms with E-state index in [4.69, 9.17) is 11.6 Å². The van der Waals surface area contributed by atoms with Gasteiger partial charge in [0.2, 0.25) is 11.8 Å². The highest BCUT2D eigenvalue weighted by atomic mass is 35.5. The van der Waals surface area contributed by atoms with E-state index >= 15 is 0 Å². The number of nitrogens with one attached hydrogen (secondary N) is 1. The normalized spacial score (nSPS) is 16.1. The molecule has 0 bridgehead atoms. The first-order valence-corrected chi connectivity index (χ1v) is 8.73. The maximum absolute atomic E-state index is 12.5. The van der Waals surface area contributed by atoms with Crippen LogP contribution < -0.4 is 5.32 Å². The summed E-state index contributed by atoms with van der Waals surface area (Å²) in [6, 6.07) is 7.17. The summed E-state index contributed by atoms with van der Waals surface area (Å²) in [5.74, 6) is -0.0818. The van der Waals surface area contributed by atoms with Crippen LogP contribution in [-0.4, -0.2) is 28.8 Å². The Kier molecular flexibility index (Phi) is 6.46. The second-order valence-corrected chi connectivity index (χ2v) is 6.60. The molecule has 2 rings (SSSR count). The minimum Gasteiger partial charge on any atom is -0.352 e. The molecular formula is C18H25ClN2O2. The van der Waals surface area contributed by atoms with E-state index < -0.39 is 6.04 Å². The Balaban J connectivity index is 2.05. The van der Waals surface area contributed by atoms with Crippen LogP contribution in [0, 0.1) is 0 Å². The van der Waals surface area contributed by atoms with Gasteiger partial charge in [0.1, 0.15) is 6.04 Å². The molecular weight excluding hydrogens is 312 g/mol. The minimum atomic E-state index is -0.473. The van der Waals surface area contributed by atoms with Crippen molar-refractivity contribution in [3.63, 3.8) is 0 Å². The van der Waals surface area contributed by atoms with Gasteiger partial charge in [-0.15, -0.1) is 0 Å². The van der Waals surface area contributed by atoms with Gasteiger partial charge in [0, 0.05) is 24.0 Å². The number of hydrogen-bond donors (Lipinski definition) is 1. The number of amides is 2. The van der Waals surface area contributed by atoms with Gasteiger partial charge in [-0.3, -0.25) is 9.59 Å². The van der Waals surface area contributed by atoms with E-state index in [9.17, 15) is 9.59 Å². The summed E-state index contributed by atoms with van der Waals surface area (Å²) in [5.41, 5.74) is 0.969. The average Bonchev–Trinajstić information content (AvgIpc) is 3.06. The van der Waals surface area contributed by atoms with Gasteiger partial charge >= 0.3 is 0 Å². The number of carbonyl (C=O) groups excluding carboxylic acids is 2. The summed E-state index contributed by atoms with van der Waals surface area (Å²) in [7, 11) is 0. The van der Waals surface area contributed by atoms with E-state index in [0.29, 0.717) is 18.0 Å². The van der Waals surface area contributed by atoms with E-state index in [1.54, 1.807) is 24.0 Å². The predicted molar refractivity (Wildman–Crippen MR) is 92.2 cm³/mol. The van der Waals surface area contributed by atoms with E-state index in [0.717, 1.165) is 18.4 Å². The lowest BCUT2D eigenvalue weighted by atomic mass is 10.1. The highest BCUT2D eigenvalue weighted by Gasteiger charge is 2.27. The van der Waals surface area contributed by atoms with Crippen molar-refractivity contribution < 1.29 is 9.59 Å². The van der Waals surface area contributed by atoms with Crippen LogP contribution in [0.1, 0.15) is 51.5 Å². The molecule has 0 saturated heterocycles. The van der Waals surface area contributed by atoms with Gasteiger partial charge in [0.05, 0.1) is 0 Å². The van der Waals surface area contributed by atoms with Crippen molar-refractivity contribution in [1.29, 1.82) is 0 Å². The molecule has 2 amide bonds. The Labute approximate surface area is 143 Å². The number of nitrogens with zero attached hydrogens (tertiary/aromatic N) is 1. The van der Waals surface area contributed by atoms with Crippen molar-refractivity contribution in [3.05, 3.63) is 34.9 Å². The highest BCUT2D eigenvalue weighted by molar-refractivity contribution is 6.30. The fourth-order valence-electron chi connectivity index (χ4n) is 2.96. The SMILES string of the molecule is CCC(=O)N(Cc1ccc(Cl)cc1)[C@@H](C)C(=O)NC1CCCC1. The minimum absolute atomic E-state index is 0.0194. The summed E-state index contributed by atoms with van der Waals surface area (Å²) in [6.45, 7) is 4.04. The third-order valence-corrected chi connectivity index (χ3v) is 4.69. The second kappa shape index (κ2) is 8.34. The van der Waals surface area contributed by atoms with Crippen molar-refractivity contribution in [2.24, 2.45) is 0 Å². The molecule has 5 heteroatoms. The molecule has 0 unspecified atom stereocenters. The Bertz CT molecular complexity index is 538. The molecule has 1 aliphatic carbocycles. The first-order chi connectivity index (χ1) is 11.0. The predicted octanol–water partition coefficient (Wildman–Crippen LogP) is 3.53. The smallest absolute Gasteiger partial charge is 0.242 e. The lowest BCUT2D eigenvalue weighted by molar-refractivity contribution is -0.140. The number of benzene rings is 1. The van der Waals surface area contributed by atoms with Gasteiger partial charge in [-0.1, -0.05) is 43.5 Å². The van der Waals surface area contributed by atoms with Crippen LogP contribution in [-0.2, 0) is 16.1 Å². The zero-order chi connectivity index (χ0) is 16.8. The van der Waals surface area contributed by atoms with Crippen molar-refractivity contribution >= 4 is 23.4 Å². The van der Waals surface area contributed by atoms with Crippen LogP contribution in [0.4, 0.5) is 0 Å². The molecule has 1 atom stereocenters. The fraction of sp³-hybridized carbons (Fsp3) is 0.556. The molecule has 126 valence electrons. The highest BCUT2D eigenvalue weighted by Crippen LogP contribution is 2.19. The molecule has 1 saturated carbocycles. The molecule has 0 aromatic heterocycles. The van der Waals surface area contributed by atoms with E-state index in [1.807, 2.05) is 19.1 Å². The Hall–Kier alpha value is -1.55. The van der Waals surface area contributed by atoms with Crippen LogP contribution in [0.2, 0.25) is 5.02 Å². The largest absolute Gasteiger partial charge is 0.352 e. The van der Waals surface area contributed by atoms with E-state index in [-0.39, 0.29) is 17.9 Å². The molecule has 1 aromatic rings. The summed E-state index contributed by atoms with van der Waals surface area (Å²) in [5, 5.41) is 3.74. The Morgan fingerprint density at radius 3 is 2.43 bits per heavy atom. The monoisotopic (exact) mass is 336 g/mol. The molecule has 0 heterocycles. The Morgan fingerprint density at radius 2 is 1.87 bits per heavy atom. The summed E-state index contributed by atoms with van der Waals surface area (Å²) < 4.78 is 0. The first-order valence-electron chi connectivity index (χ1n) is 8.35. The summed E-state index contributed by atoms with van der Waals surface area (Å²) in [6.07, 6.45) is 4.80. The molecule has 1 aliphatic rings. The van der Waals surface area contributed by atoms with E-state index in [2.05, 4.69) is 5.32 Å². The van der Waals surface area contributed by atoms with Gasteiger partial charge in [0.15, 0.2) is 0 Å². The van der Waals surface area contributed by atoms with Crippen LogP contribution >= 0.6 is 11.6 Å². The second-order valence-electron chi connectivity index (χ2n) is 6.17. The average molecular weight is 337 g/mol. The molecule has 1 aromatic carbocycles. The van der Waals surface area contributed by atoms with Gasteiger partial charge in [-0.25, -0.2) is 0 Å². The van der Waals surface area contributed by atoms with Crippen molar-refractivity contribution in [2.45, 2.75) is 64.6 Å². The van der Waals surface area contributed by atoms with Crippen LogP contribution in [0.15, 0.2) is 24.3 Å². The van der Waals surface area contributed by atoms with Crippen molar-refractivity contribution in [1.82, 2.24) is 10.2 Å². The maximum Gasteiger partial charge on any atom is 0.242 e. The third-order valence-electron chi connectivity index (χ3n) is 4.44. The third kappa shape index (κ3) is 4.96. The van der Waals surface area contributed by atoms with Crippen molar-refractivity contribution in [3.8, 4) is 0 Å². The van der Waals surface area contributed by atoms with E-state index in [1.165, 1.54) is 12.8 Å². The van der Waals surface area contributed by atoms with Crippen LogP contribution in [0.25, 0.3) is 0 Å². The number of carbonyl (C=O) groups is 2. The lowest BCUT2D eigenvalue weighted by Gasteiger charge is -2.29. The Morgan fingerprint density at radius 1 is 1.26 bits per heavy atom. The zero-order valence-electron chi connectivity index (χ0n) is 13.8. The number of hydrogen-bond acceptors (Lipinski definition) is 2. The molecule has 0 radical (unpaired) electrons. The van der Waals surface area contributed by atoms with Gasteiger partial charge in [0.25, 0.3) is 0 Å². The summed E-state index contributed by atoms with van der Waals surface area (Å²) >= 11 is 5.90. The van der Waals surface area contributed by atoms with Crippen molar-refractivity contribution in [2.75, 3.05) is 0 Å². The molecule has 1 N–H and O–H groups in total. The molecule has 0 aliphatic heterocycles. The van der Waals surface area contributed by atoms with Crippen LogP contribution in [0.5, 0.6) is 0 Å². The molecule has 23 heavy (non-hydrogen) atoms. The molecule has 1 fully saturated rings. The zero-order valence-corrected chi connectivity index (χ0v) is 14.6. The number of halogens is 1. The van der Waals surface area contributed by atoms with Gasteiger partial charge in [-0.2, -0.15) is 0 Å². The lowest BCUT2D eigenvalue weighted by Crippen LogP contribution is -2.49. The number of rotatable bonds is 6. The van der Waals surface area contributed by atoms with Gasteiger partial charge in [-0.05, 0) is 37.5 Å². The first kappa shape index (κ1) is 17.8. The quantitative estimate of drug-likeness (QED) is 0.864. The van der Waals surface area contributed by atoms with Gasteiger partial charge < -0.3 is 10.2 Å². The fourth-order valence-corrected chi connectivity index (χ4v) is 3.09. The standard InChI is InChI=1S/C18H25ClN2O2/c1-3-17(22)21(12-14-8-10-15(19)11-9-14)13(2)18(23)20-16-6-4-5-7-16/h8-11,13,16H,3-7,12H2,1-2H3,(H,20,23)/t13-/m0/s1. The maximum atomic E-state index is 12.5.